The highest BCUT2D eigenvalue weighted by Crippen LogP contribution is 2.31. The zero-order valence-corrected chi connectivity index (χ0v) is 17.2. The standard InChI is InChI=1S/C24H29N3O2/c1-16(2)15-29-23-12-18-5-3-4-6-21(18)27-13-19(11-22(23)27)24(28)25-20-14-26-9-7-17(20)8-10-26/h3-6,11-13,16-17,20H,7-10,14-15H2,1-2H3,(H,25,28)/t20-/m0/s1. The minimum atomic E-state index is 0.0198. The van der Waals surface area contributed by atoms with Crippen LogP contribution in [-0.2, 0) is 0 Å². The lowest BCUT2D eigenvalue weighted by molar-refractivity contribution is 0.0620. The number of carbonyl (C=O) groups is 1. The van der Waals surface area contributed by atoms with Gasteiger partial charge in [0, 0.05) is 24.2 Å². The third-order valence-corrected chi connectivity index (χ3v) is 6.36. The maximum Gasteiger partial charge on any atom is 0.253 e. The highest BCUT2D eigenvalue weighted by molar-refractivity contribution is 5.98. The number of para-hydroxylation sites is 1. The number of carbonyl (C=O) groups excluding carboxylic acids is 1. The summed E-state index contributed by atoms with van der Waals surface area (Å²) < 4.78 is 8.21. The van der Waals surface area contributed by atoms with Gasteiger partial charge in [-0.15, -0.1) is 0 Å². The smallest absolute Gasteiger partial charge is 0.253 e. The molecular weight excluding hydrogens is 362 g/mol. The van der Waals surface area contributed by atoms with Gasteiger partial charge in [-0.2, -0.15) is 0 Å². The van der Waals surface area contributed by atoms with E-state index in [1.54, 1.807) is 0 Å². The normalized spacial score (nSPS) is 23.8. The number of fused-ring (bicyclic) bond motifs is 6. The van der Waals surface area contributed by atoms with E-state index in [4.69, 9.17) is 4.74 Å². The number of nitrogens with zero attached hydrogens (tertiary/aromatic N) is 2. The van der Waals surface area contributed by atoms with Gasteiger partial charge in [0.1, 0.15) is 5.75 Å². The first-order valence-electron chi connectivity index (χ1n) is 10.8. The van der Waals surface area contributed by atoms with Gasteiger partial charge in [-0.25, -0.2) is 0 Å². The molecule has 152 valence electrons. The molecule has 5 heteroatoms. The molecule has 0 unspecified atom stereocenters. The maximum atomic E-state index is 13.1. The Balaban J connectivity index is 1.49. The van der Waals surface area contributed by atoms with E-state index in [-0.39, 0.29) is 11.9 Å². The summed E-state index contributed by atoms with van der Waals surface area (Å²) in [5, 5.41) is 4.42. The summed E-state index contributed by atoms with van der Waals surface area (Å²) in [5.41, 5.74) is 2.73. The number of amides is 1. The predicted molar refractivity (Wildman–Crippen MR) is 116 cm³/mol. The second-order valence-corrected chi connectivity index (χ2v) is 8.97. The van der Waals surface area contributed by atoms with Crippen molar-refractivity contribution in [2.45, 2.75) is 32.7 Å². The molecule has 29 heavy (non-hydrogen) atoms. The van der Waals surface area contributed by atoms with Crippen LogP contribution in [0.2, 0.25) is 0 Å². The number of aromatic nitrogens is 1. The third kappa shape index (κ3) is 3.48. The number of nitrogens with one attached hydrogen (secondary N) is 1. The van der Waals surface area contributed by atoms with E-state index >= 15 is 0 Å². The maximum absolute atomic E-state index is 13.1. The number of piperidine rings is 3. The van der Waals surface area contributed by atoms with Crippen LogP contribution in [-0.4, -0.2) is 47.5 Å². The Morgan fingerprint density at radius 2 is 1.97 bits per heavy atom. The molecule has 2 aromatic heterocycles. The van der Waals surface area contributed by atoms with Gasteiger partial charge < -0.3 is 19.4 Å². The van der Waals surface area contributed by atoms with Crippen molar-refractivity contribution in [1.29, 1.82) is 0 Å². The van der Waals surface area contributed by atoms with Crippen LogP contribution in [0.25, 0.3) is 16.4 Å². The molecule has 0 radical (unpaired) electrons. The van der Waals surface area contributed by atoms with Crippen LogP contribution >= 0.6 is 0 Å². The van der Waals surface area contributed by atoms with E-state index < -0.39 is 0 Å². The lowest BCUT2D eigenvalue weighted by atomic mass is 9.84. The summed E-state index contributed by atoms with van der Waals surface area (Å²) in [6.45, 7) is 8.27. The van der Waals surface area contributed by atoms with Gasteiger partial charge in [0.05, 0.1) is 23.2 Å². The van der Waals surface area contributed by atoms with E-state index in [0.29, 0.717) is 24.0 Å². The van der Waals surface area contributed by atoms with Gasteiger partial charge >= 0.3 is 0 Å². The van der Waals surface area contributed by atoms with Crippen molar-refractivity contribution in [2.75, 3.05) is 26.2 Å². The zero-order chi connectivity index (χ0) is 20.0. The molecule has 5 nitrogen and oxygen atoms in total. The van der Waals surface area contributed by atoms with Gasteiger partial charge in [0.25, 0.3) is 5.91 Å². The molecule has 0 spiro atoms. The average molecular weight is 392 g/mol. The second-order valence-electron chi connectivity index (χ2n) is 8.97. The summed E-state index contributed by atoms with van der Waals surface area (Å²) in [4.78, 5) is 15.6. The minimum Gasteiger partial charge on any atom is -0.491 e. The summed E-state index contributed by atoms with van der Waals surface area (Å²) in [6.07, 6.45) is 4.34. The first-order chi connectivity index (χ1) is 14.1. The molecule has 3 aromatic rings. The molecule has 2 bridgehead atoms. The van der Waals surface area contributed by atoms with Crippen molar-refractivity contribution in [2.24, 2.45) is 11.8 Å². The van der Waals surface area contributed by atoms with Gasteiger partial charge in [-0.05, 0) is 56.0 Å². The van der Waals surface area contributed by atoms with Gasteiger partial charge in [0.15, 0.2) is 0 Å². The zero-order valence-electron chi connectivity index (χ0n) is 17.2. The monoisotopic (exact) mass is 391 g/mol. The topological polar surface area (TPSA) is 46.0 Å². The van der Waals surface area contributed by atoms with Crippen LogP contribution in [0.1, 0.15) is 37.0 Å². The van der Waals surface area contributed by atoms with E-state index in [0.717, 1.165) is 28.7 Å². The summed E-state index contributed by atoms with van der Waals surface area (Å²) in [7, 11) is 0. The Hall–Kier alpha value is -2.53. The molecule has 0 aliphatic carbocycles. The summed E-state index contributed by atoms with van der Waals surface area (Å²) in [5.74, 6) is 1.91. The third-order valence-electron chi connectivity index (χ3n) is 6.36. The Bertz CT molecular complexity index is 1050. The molecule has 3 saturated heterocycles. The Labute approximate surface area is 171 Å². The lowest BCUT2D eigenvalue weighted by Crippen LogP contribution is -2.57. The molecule has 5 heterocycles. The number of hydrogen-bond donors (Lipinski definition) is 1. The highest BCUT2D eigenvalue weighted by atomic mass is 16.5. The quantitative estimate of drug-likeness (QED) is 0.716. The number of ether oxygens (including phenoxy) is 1. The Kier molecular flexibility index (Phi) is 4.70. The van der Waals surface area contributed by atoms with E-state index in [2.05, 4.69) is 46.7 Å². The van der Waals surface area contributed by atoms with Crippen LogP contribution in [0.15, 0.2) is 42.6 Å². The number of hydrogen-bond acceptors (Lipinski definition) is 3. The summed E-state index contributed by atoms with van der Waals surface area (Å²) >= 11 is 0. The van der Waals surface area contributed by atoms with Crippen molar-refractivity contribution in [3.8, 4) is 5.75 Å². The molecule has 3 aliphatic rings. The lowest BCUT2D eigenvalue weighted by Gasteiger charge is -2.44. The van der Waals surface area contributed by atoms with Crippen LogP contribution < -0.4 is 10.1 Å². The fraction of sp³-hybridized carbons (Fsp3) is 0.458. The second kappa shape index (κ2) is 7.38. The van der Waals surface area contributed by atoms with Crippen molar-refractivity contribution >= 4 is 22.3 Å². The van der Waals surface area contributed by atoms with Crippen LogP contribution in [0.3, 0.4) is 0 Å². The van der Waals surface area contributed by atoms with Crippen molar-refractivity contribution < 1.29 is 9.53 Å². The van der Waals surface area contributed by atoms with Crippen molar-refractivity contribution in [3.63, 3.8) is 0 Å². The molecule has 1 aromatic carbocycles. The molecule has 1 N–H and O–H groups in total. The van der Waals surface area contributed by atoms with Crippen LogP contribution in [0.5, 0.6) is 5.75 Å². The number of benzene rings is 1. The van der Waals surface area contributed by atoms with Crippen LogP contribution in [0, 0.1) is 11.8 Å². The van der Waals surface area contributed by atoms with Gasteiger partial charge in [0.2, 0.25) is 0 Å². The SMILES string of the molecule is CC(C)COc1cc2ccccc2n2cc(C(=O)N[C@H]3CN4CCC3CC4)cc12. The van der Waals surface area contributed by atoms with Crippen molar-refractivity contribution in [3.05, 3.63) is 48.2 Å². The fourth-order valence-electron chi connectivity index (χ4n) is 4.77. The fourth-order valence-corrected chi connectivity index (χ4v) is 4.77. The Morgan fingerprint density at radius 3 is 2.69 bits per heavy atom. The molecule has 6 rings (SSSR count). The molecule has 0 saturated carbocycles. The predicted octanol–water partition coefficient (Wildman–Crippen LogP) is 3.95. The molecule has 1 atom stereocenters. The van der Waals surface area contributed by atoms with Crippen molar-refractivity contribution in [1.82, 2.24) is 14.6 Å². The number of rotatable bonds is 5. The average Bonchev–Trinajstić information content (AvgIpc) is 3.19. The Morgan fingerprint density at radius 1 is 1.17 bits per heavy atom. The molecule has 1 amide bonds. The highest BCUT2D eigenvalue weighted by Gasteiger charge is 2.35. The first kappa shape index (κ1) is 18.5. The minimum absolute atomic E-state index is 0.0198. The largest absolute Gasteiger partial charge is 0.491 e. The molecular formula is C24H29N3O2. The van der Waals surface area contributed by atoms with Crippen LogP contribution in [0.4, 0.5) is 0 Å². The van der Waals surface area contributed by atoms with Gasteiger partial charge in [-0.1, -0.05) is 32.0 Å². The van der Waals surface area contributed by atoms with Gasteiger partial charge in [-0.3, -0.25) is 4.79 Å². The number of pyridine rings is 1. The first-order valence-corrected chi connectivity index (χ1v) is 10.8. The van der Waals surface area contributed by atoms with E-state index in [9.17, 15) is 4.79 Å². The van der Waals surface area contributed by atoms with E-state index in [1.165, 1.54) is 25.9 Å². The summed E-state index contributed by atoms with van der Waals surface area (Å²) in [6, 6.07) is 12.6. The molecule has 3 fully saturated rings. The molecule has 3 aliphatic heterocycles. The van der Waals surface area contributed by atoms with E-state index in [1.807, 2.05) is 24.4 Å².